The minimum Gasteiger partial charge on any atom is -0.493 e. The monoisotopic (exact) mass is 561 g/mol. The van der Waals surface area contributed by atoms with Crippen LogP contribution in [-0.4, -0.2) is 50.7 Å². The summed E-state index contributed by atoms with van der Waals surface area (Å²) >= 11 is 0. The van der Waals surface area contributed by atoms with Crippen molar-refractivity contribution < 1.29 is 27.8 Å². The molecular formula is C21H35F3IN3O3. The topological polar surface area (TPSA) is 75.1 Å². The van der Waals surface area contributed by atoms with E-state index in [1.54, 1.807) is 12.1 Å². The average molecular weight is 561 g/mol. The average Bonchev–Trinajstić information content (AvgIpc) is 2.72. The predicted molar refractivity (Wildman–Crippen MR) is 127 cm³/mol. The van der Waals surface area contributed by atoms with Gasteiger partial charge in [-0.2, -0.15) is 13.2 Å². The number of benzene rings is 1. The summed E-state index contributed by atoms with van der Waals surface area (Å²) in [5, 5.41) is 15.9. The second kappa shape index (κ2) is 14.6. The molecule has 1 rings (SSSR count). The van der Waals surface area contributed by atoms with E-state index < -0.39 is 12.8 Å². The Morgan fingerprint density at radius 3 is 2.29 bits per heavy atom. The Kier molecular flexibility index (Phi) is 13.9. The highest BCUT2D eigenvalue weighted by Gasteiger charge is 2.29. The number of rotatable bonds is 12. The van der Waals surface area contributed by atoms with Gasteiger partial charge in [0.15, 0.2) is 24.1 Å². The number of halogens is 4. The second-order valence-corrected chi connectivity index (χ2v) is 7.12. The minimum absolute atomic E-state index is 0. The second-order valence-electron chi connectivity index (χ2n) is 7.12. The van der Waals surface area contributed by atoms with Gasteiger partial charge in [0.2, 0.25) is 0 Å². The third kappa shape index (κ3) is 10.6. The predicted octanol–water partition coefficient (Wildman–Crippen LogP) is 4.50. The maximum Gasteiger partial charge on any atom is 0.422 e. The molecule has 1 aromatic carbocycles. The number of ether oxygens (including phenoxy) is 2. The zero-order chi connectivity index (χ0) is 22.6. The largest absolute Gasteiger partial charge is 0.493 e. The number of methoxy groups -OCH3 is 1. The lowest BCUT2D eigenvalue weighted by Crippen LogP contribution is -2.43. The first-order valence-electron chi connectivity index (χ1n) is 10.2. The molecule has 10 heteroatoms. The van der Waals surface area contributed by atoms with Crippen molar-refractivity contribution in [3.05, 3.63) is 23.8 Å². The van der Waals surface area contributed by atoms with E-state index in [4.69, 9.17) is 9.47 Å². The summed E-state index contributed by atoms with van der Waals surface area (Å²) in [6.45, 7) is 6.63. The molecule has 0 aliphatic heterocycles. The summed E-state index contributed by atoms with van der Waals surface area (Å²) in [7, 11) is 1.38. The van der Waals surface area contributed by atoms with Crippen LogP contribution in [0, 0.1) is 5.41 Å². The number of guanidine groups is 1. The normalized spacial score (nSPS) is 12.2. The van der Waals surface area contributed by atoms with Crippen molar-refractivity contribution in [2.75, 3.05) is 33.4 Å². The molecule has 0 spiro atoms. The first-order valence-corrected chi connectivity index (χ1v) is 10.2. The van der Waals surface area contributed by atoms with Crippen molar-refractivity contribution in [1.82, 2.24) is 10.6 Å². The Morgan fingerprint density at radius 1 is 1.10 bits per heavy atom. The van der Waals surface area contributed by atoms with Crippen LogP contribution >= 0.6 is 24.0 Å². The van der Waals surface area contributed by atoms with Gasteiger partial charge in [0, 0.05) is 19.7 Å². The van der Waals surface area contributed by atoms with Gasteiger partial charge < -0.3 is 25.2 Å². The fraction of sp³-hybridized carbons (Fsp3) is 0.667. The molecule has 0 radical (unpaired) electrons. The van der Waals surface area contributed by atoms with Gasteiger partial charge in [-0.05, 0) is 49.3 Å². The lowest BCUT2D eigenvalue weighted by Gasteiger charge is -2.32. The Bertz CT molecular complexity index is 669. The van der Waals surface area contributed by atoms with E-state index in [0.29, 0.717) is 32.0 Å². The highest BCUT2D eigenvalue weighted by atomic mass is 127. The van der Waals surface area contributed by atoms with Gasteiger partial charge >= 0.3 is 6.18 Å². The van der Waals surface area contributed by atoms with E-state index in [-0.39, 0.29) is 47.5 Å². The van der Waals surface area contributed by atoms with Crippen LogP contribution in [0.1, 0.15) is 45.6 Å². The van der Waals surface area contributed by atoms with Crippen LogP contribution in [0.3, 0.4) is 0 Å². The number of nitrogens with zero attached hydrogens (tertiary/aromatic N) is 1. The molecule has 1 aromatic rings. The van der Waals surface area contributed by atoms with E-state index in [1.165, 1.54) is 13.2 Å². The van der Waals surface area contributed by atoms with Crippen molar-refractivity contribution >= 4 is 29.9 Å². The minimum atomic E-state index is -4.41. The molecule has 0 saturated heterocycles. The Balaban J connectivity index is 0.00000900. The maximum atomic E-state index is 12.4. The molecule has 0 aromatic heterocycles. The summed E-state index contributed by atoms with van der Waals surface area (Å²) in [4.78, 5) is 4.56. The molecule has 180 valence electrons. The van der Waals surface area contributed by atoms with Crippen molar-refractivity contribution in [3.63, 3.8) is 0 Å². The Labute approximate surface area is 200 Å². The molecule has 0 aliphatic rings. The van der Waals surface area contributed by atoms with Crippen molar-refractivity contribution in [2.24, 2.45) is 10.4 Å². The molecule has 0 unspecified atom stereocenters. The van der Waals surface area contributed by atoms with Crippen molar-refractivity contribution in [2.45, 2.75) is 52.8 Å². The molecule has 0 atom stereocenters. The molecule has 0 heterocycles. The number of hydrogen-bond donors (Lipinski definition) is 3. The zero-order valence-electron chi connectivity index (χ0n) is 18.6. The van der Waals surface area contributed by atoms with Gasteiger partial charge in [-0.3, -0.25) is 0 Å². The Morgan fingerprint density at radius 2 is 1.77 bits per heavy atom. The summed E-state index contributed by atoms with van der Waals surface area (Å²) in [5.74, 6) is 0.897. The van der Waals surface area contributed by atoms with E-state index in [0.717, 1.165) is 18.4 Å². The van der Waals surface area contributed by atoms with Gasteiger partial charge in [-0.15, -0.1) is 24.0 Å². The molecule has 0 saturated carbocycles. The van der Waals surface area contributed by atoms with Crippen LogP contribution in [0.25, 0.3) is 0 Å². The first kappa shape index (κ1) is 29.6. The van der Waals surface area contributed by atoms with Crippen LogP contribution < -0.4 is 20.1 Å². The number of aliphatic hydroxyl groups is 1. The van der Waals surface area contributed by atoms with E-state index in [1.807, 2.05) is 6.92 Å². The van der Waals surface area contributed by atoms with Crippen LogP contribution in [0.4, 0.5) is 13.2 Å². The molecular weight excluding hydrogens is 526 g/mol. The Hall–Kier alpha value is -1.43. The summed E-state index contributed by atoms with van der Waals surface area (Å²) in [5.41, 5.74) is 0.766. The van der Waals surface area contributed by atoms with Crippen molar-refractivity contribution in [3.8, 4) is 11.5 Å². The quantitative estimate of drug-likeness (QED) is 0.199. The smallest absolute Gasteiger partial charge is 0.422 e. The molecule has 0 fully saturated rings. The van der Waals surface area contributed by atoms with Gasteiger partial charge in [0.25, 0.3) is 0 Å². The van der Waals surface area contributed by atoms with Crippen LogP contribution in [0.15, 0.2) is 23.2 Å². The van der Waals surface area contributed by atoms with Gasteiger partial charge in [-0.1, -0.05) is 19.9 Å². The zero-order valence-corrected chi connectivity index (χ0v) is 21.0. The lowest BCUT2D eigenvalue weighted by atomic mass is 9.79. The standard InChI is InChI=1S/C21H34F3N3O3.HI/c1-5-20(6-2,10-11-28)14-27-19(25-7-3)26-13-16-8-9-17(18(12-16)29-4)30-15-21(22,23)24;/h8-9,12,28H,5-7,10-11,13-15H2,1-4H3,(H2,25,26,27);1H. The molecule has 0 aliphatic carbocycles. The van der Waals surface area contributed by atoms with Gasteiger partial charge in [-0.25, -0.2) is 4.99 Å². The van der Waals surface area contributed by atoms with E-state index >= 15 is 0 Å². The maximum absolute atomic E-state index is 12.4. The van der Waals surface area contributed by atoms with Crippen LogP contribution in [0.2, 0.25) is 0 Å². The highest BCUT2D eigenvalue weighted by molar-refractivity contribution is 14.0. The number of alkyl halides is 3. The van der Waals surface area contributed by atoms with Crippen molar-refractivity contribution in [1.29, 1.82) is 0 Å². The summed E-state index contributed by atoms with van der Waals surface area (Å²) < 4.78 is 47.1. The number of nitrogens with one attached hydrogen (secondary N) is 2. The molecule has 6 nitrogen and oxygen atoms in total. The van der Waals surface area contributed by atoms with Gasteiger partial charge in [0.05, 0.1) is 13.7 Å². The summed E-state index contributed by atoms with van der Waals surface area (Å²) in [6, 6.07) is 4.73. The highest BCUT2D eigenvalue weighted by Crippen LogP contribution is 2.30. The van der Waals surface area contributed by atoms with Gasteiger partial charge in [0.1, 0.15) is 0 Å². The number of aliphatic imine (C=N–C) groups is 1. The van der Waals surface area contributed by atoms with E-state index in [2.05, 4.69) is 29.5 Å². The van der Waals surface area contributed by atoms with Crippen LogP contribution in [0.5, 0.6) is 11.5 Å². The molecule has 0 amide bonds. The first-order chi connectivity index (χ1) is 14.2. The van der Waals surface area contributed by atoms with E-state index in [9.17, 15) is 18.3 Å². The third-order valence-corrected chi connectivity index (χ3v) is 5.16. The summed E-state index contributed by atoms with van der Waals surface area (Å²) in [6.07, 6.45) is -1.83. The molecule has 3 N–H and O–H groups in total. The fourth-order valence-corrected chi connectivity index (χ4v) is 3.05. The lowest BCUT2D eigenvalue weighted by molar-refractivity contribution is -0.153. The molecule has 31 heavy (non-hydrogen) atoms. The van der Waals surface area contributed by atoms with Crippen LogP contribution in [-0.2, 0) is 6.54 Å². The molecule has 0 bridgehead atoms. The number of aliphatic hydroxyl groups excluding tert-OH is 1. The fourth-order valence-electron chi connectivity index (χ4n) is 3.05. The SMILES string of the molecule is CCNC(=NCc1ccc(OCC(F)(F)F)c(OC)c1)NCC(CC)(CC)CCO.I. The number of hydrogen-bond acceptors (Lipinski definition) is 4. The third-order valence-electron chi connectivity index (χ3n) is 5.16.